The summed E-state index contributed by atoms with van der Waals surface area (Å²) in [5, 5.41) is 24.3. The number of rotatable bonds is 4. The molecule has 32 heavy (non-hydrogen) atoms. The van der Waals surface area contributed by atoms with Gasteiger partial charge in [0.2, 0.25) is 0 Å². The number of thiophene rings is 1. The minimum Gasteiger partial charge on any atom is -0.475 e. The Balaban J connectivity index is 0.000000305. The Kier molecular flexibility index (Phi) is 10.1. The predicted molar refractivity (Wildman–Crippen MR) is 99.0 cm³/mol. The molecule has 1 aliphatic rings. The molecule has 180 valence electrons. The van der Waals surface area contributed by atoms with Gasteiger partial charge in [0.25, 0.3) is 0 Å². The van der Waals surface area contributed by atoms with E-state index >= 15 is 0 Å². The molecular formula is C17H19F6N3O5S. The summed E-state index contributed by atoms with van der Waals surface area (Å²) in [4.78, 5) is 19.1. The first-order valence-electron chi connectivity index (χ1n) is 8.69. The zero-order valence-electron chi connectivity index (χ0n) is 16.4. The van der Waals surface area contributed by atoms with Gasteiger partial charge in [0.1, 0.15) is 6.10 Å². The second kappa shape index (κ2) is 11.8. The van der Waals surface area contributed by atoms with Crippen LogP contribution in [0.1, 0.15) is 22.2 Å². The number of carbonyl (C=O) groups is 2. The van der Waals surface area contributed by atoms with E-state index in [1.165, 1.54) is 10.4 Å². The molecule has 0 spiro atoms. The molecule has 0 radical (unpaired) electrons. The fourth-order valence-corrected chi connectivity index (χ4v) is 2.98. The molecule has 15 heteroatoms. The maximum Gasteiger partial charge on any atom is 0.490 e. The van der Waals surface area contributed by atoms with Crippen LogP contribution in [0.5, 0.6) is 0 Å². The number of aryl methyl sites for hydroxylation is 1. The molecule has 8 nitrogen and oxygen atoms in total. The molecule has 3 N–H and O–H groups in total. The van der Waals surface area contributed by atoms with Gasteiger partial charge in [-0.25, -0.2) is 9.59 Å². The highest BCUT2D eigenvalue weighted by molar-refractivity contribution is 7.09. The van der Waals surface area contributed by atoms with Crippen LogP contribution < -0.4 is 5.32 Å². The maximum absolute atomic E-state index is 10.6. The molecule has 1 atom stereocenters. The third-order valence-corrected chi connectivity index (χ3v) is 4.50. The van der Waals surface area contributed by atoms with Crippen LogP contribution in [0.3, 0.4) is 0 Å². The SMILES string of the molecule is Cn1cc2c(n1)C(CNCc1cccs1)OCC2.O=C(O)C(F)(F)F.O=C(O)C(F)(F)F. The van der Waals surface area contributed by atoms with Crippen molar-refractivity contribution in [1.29, 1.82) is 0 Å². The molecule has 3 heterocycles. The molecule has 0 saturated carbocycles. The van der Waals surface area contributed by atoms with Gasteiger partial charge in [-0.1, -0.05) is 6.07 Å². The van der Waals surface area contributed by atoms with Crippen LogP contribution in [-0.4, -0.2) is 57.4 Å². The highest BCUT2D eigenvalue weighted by atomic mass is 32.1. The van der Waals surface area contributed by atoms with E-state index in [2.05, 4.69) is 34.1 Å². The van der Waals surface area contributed by atoms with Gasteiger partial charge >= 0.3 is 24.3 Å². The van der Waals surface area contributed by atoms with Crippen molar-refractivity contribution in [3.63, 3.8) is 0 Å². The molecule has 1 aliphatic heterocycles. The highest BCUT2D eigenvalue weighted by Crippen LogP contribution is 2.25. The standard InChI is InChI=1S/C13H17N3OS.2C2HF3O2/c1-16-9-10-4-5-17-12(13(10)15-16)8-14-7-11-3-2-6-18-11;2*3-2(4,5)1(6)7/h2-3,6,9,12,14H,4-5,7-8H2,1H3;2*(H,6,7). The summed E-state index contributed by atoms with van der Waals surface area (Å²) in [6, 6.07) is 4.22. The fourth-order valence-electron chi connectivity index (χ4n) is 2.30. The number of aromatic nitrogens is 2. The number of carboxylic acids is 2. The first-order chi connectivity index (χ1) is 14.7. The van der Waals surface area contributed by atoms with E-state index in [-0.39, 0.29) is 6.10 Å². The van der Waals surface area contributed by atoms with E-state index in [1.54, 1.807) is 11.3 Å². The van der Waals surface area contributed by atoms with E-state index in [4.69, 9.17) is 24.5 Å². The topological polar surface area (TPSA) is 114 Å². The van der Waals surface area contributed by atoms with Crippen LogP contribution in [0.15, 0.2) is 23.7 Å². The number of hydrogen-bond acceptors (Lipinski definition) is 6. The first-order valence-corrected chi connectivity index (χ1v) is 9.57. The molecule has 0 aliphatic carbocycles. The van der Waals surface area contributed by atoms with E-state index in [0.717, 1.165) is 31.8 Å². The van der Waals surface area contributed by atoms with Crippen molar-refractivity contribution in [3.05, 3.63) is 39.8 Å². The number of aliphatic carboxylic acids is 2. The molecule has 0 bridgehead atoms. The Morgan fingerprint density at radius 2 is 1.78 bits per heavy atom. The lowest BCUT2D eigenvalue weighted by Crippen LogP contribution is -2.27. The van der Waals surface area contributed by atoms with Crippen LogP contribution in [-0.2, 0) is 34.3 Å². The normalized spacial score (nSPS) is 15.5. The zero-order chi connectivity index (χ0) is 24.5. The quantitative estimate of drug-likeness (QED) is 0.563. The van der Waals surface area contributed by atoms with E-state index in [1.807, 2.05) is 11.7 Å². The number of ether oxygens (including phenoxy) is 1. The molecule has 0 amide bonds. The van der Waals surface area contributed by atoms with Crippen molar-refractivity contribution < 1.29 is 50.9 Å². The smallest absolute Gasteiger partial charge is 0.475 e. The molecule has 0 saturated heterocycles. The van der Waals surface area contributed by atoms with E-state index in [9.17, 15) is 26.3 Å². The Morgan fingerprint density at radius 3 is 2.25 bits per heavy atom. The lowest BCUT2D eigenvalue weighted by Gasteiger charge is -2.22. The van der Waals surface area contributed by atoms with E-state index < -0.39 is 24.3 Å². The second-order valence-corrected chi connectivity index (χ2v) is 7.17. The van der Waals surface area contributed by atoms with Crippen molar-refractivity contribution in [3.8, 4) is 0 Å². The van der Waals surface area contributed by atoms with Gasteiger partial charge < -0.3 is 20.3 Å². The van der Waals surface area contributed by atoms with Crippen LogP contribution in [0.4, 0.5) is 26.3 Å². The number of nitrogens with one attached hydrogen (secondary N) is 1. The maximum atomic E-state index is 10.6. The average Bonchev–Trinajstić information content (AvgIpc) is 3.30. The van der Waals surface area contributed by atoms with Crippen molar-refractivity contribution in [2.75, 3.05) is 13.2 Å². The minimum atomic E-state index is -5.08. The Bertz CT molecular complexity index is 843. The molecule has 2 aromatic heterocycles. The Hall–Kier alpha value is -2.65. The van der Waals surface area contributed by atoms with Crippen molar-refractivity contribution in [2.24, 2.45) is 7.05 Å². The summed E-state index contributed by atoms with van der Waals surface area (Å²) in [5.41, 5.74) is 2.43. The number of fused-ring (bicyclic) bond motifs is 1. The van der Waals surface area contributed by atoms with Gasteiger partial charge in [0, 0.05) is 31.2 Å². The highest BCUT2D eigenvalue weighted by Gasteiger charge is 2.38. The number of halogens is 6. The number of nitrogens with zero attached hydrogens (tertiary/aromatic N) is 2. The monoisotopic (exact) mass is 491 g/mol. The summed E-state index contributed by atoms with van der Waals surface area (Å²) in [5.74, 6) is -5.51. The first kappa shape index (κ1) is 27.4. The minimum absolute atomic E-state index is 0.0925. The summed E-state index contributed by atoms with van der Waals surface area (Å²) in [6.45, 7) is 2.52. The van der Waals surface area contributed by atoms with Gasteiger partial charge in [0.05, 0.1) is 12.3 Å². The van der Waals surface area contributed by atoms with E-state index in [0.29, 0.717) is 0 Å². The summed E-state index contributed by atoms with van der Waals surface area (Å²) < 4.78 is 71.2. The third kappa shape index (κ3) is 9.65. The molecule has 0 aromatic carbocycles. The van der Waals surface area contributed by atoms with Crippen molar-refractivity contribution >= 4 is 23.3 Å². The van der Waals surface area contributed by atoms with Crippen LogP contribution in [0.2, 0.25) is 0 Å². The lowest BCUT2D eigenvalue weighted by molar-refractivity contribution is -0.193. The van der Waals surface area contributed by atoms with Crippen molar-refractivity contribution in [2.45, 2.75) is 31.4 Å². The van der Waals surface area contributed by atoms with Crippen LogP contribution in [0, 0.1) is 0 Å². The molecular weight excluding hydrogens is 472 g/mol. The van der Waals surface area contributed by atoms with Crippen molar-refractivity contribution in [1.82, 2.24) is 15.1 Å². The molecule has 1 unspecified atom stereocenters. The number of hydrogen-bond donors (Lipinski definition) is 3. The van der Waals surface area contributed by atoms with Gasteiger partial charge in [-0.15, -0.1) is 11.3 Å². The molecule has 3 rings (SSSR count). The van der Waals surface area contributed by atoms with Crippen LogP contribution >= 0.6 is 11.3 Å². The zero-order valence-corrected chi connectivity index (χ0v) is 17.2. The number of alkyl halides is 6. The fraction of sp³-hybridized carbons (Fsp3) is 0.471. The van der Waals surface area contributed by atoms with Crippen LogP contribution in [0.25, 0.3) is 0 Å². The number of carboxylic acid groups (broad SMARTS) is 2. The second-order valence-electron chi connectivity index (χ2n) is 6.14. The van der Waals surface area contributed by atoms with Gasteiger partial charge in [-0.05, 0) is 23.4 Å². The van der Waals surface area contributed by atoms with Gasteiger partial charge in [-0.3, -0.25) is 4.68 Å². The van der Waals surface area contributed by atoms with Gasteiger partial charge in [0.15, 0.2) is 0 Å². The Labute approximate surface area is 181 Å². The molecule has 0 fully saturated rings. The predicted octanol–water partition coefficient (Wildman–Crippen LogP) is 3.15. The van der Waals surface area contributed by atoms with Gasteiger partial charge in [-0.2, -0.15) is 31.4 Å². The third-order valence-electron chi connectivity index (χ3n) is 3.63. The largest absolute Gasteiger partial charge is 0.490 e. The summed E-state index contributed by atoms with van der Waals surface area (Å²) in [7, 11) is 1.97. The summed E-state index contributed by atoms with van der Waals surface area (Å²) in [6.07, 6.45) is -7.00. The average molecular weight is 491 g/mol. The Morgan fingerprint density at radius 1 is 1.22 bits per heavy atom. The molecule has 2 aromatic rings. The summed E-state index contributed by atoms with van der Waals surface area (Å²) >= 11 is 1.78. The lowest BCUT2D eigenvalue weighted by atomic mass is 10.1.